The van der Waals surface area contributed by atoms with Gasteiger partial charge >= 0.3 is 6.18 Å². The van der Waals surface area contributed by atoms with Gasteiger partial charge in [0, 0.05) is 18.9 Å². The predicted octanol–water partition coefficient (Wildman–Crippen LogP) is 3.89. The number of benzene rings is 1. The van der Waals surface area contributed by atoms with Crippen molar-refractivity contribution in [3.8, 4) is 0 Å². The molecule has 0 bridgehead atoms. The first-order chi connectivity index (χ1) is 11.3. The SMILES string of the molecule is Cn1ncc2c(Cl)c(C(=O)Nc3ccc(C(F)(F)F)cc3)cnc21. The summed E-state index contributed by atoms with van der Waals surface area (Å²) in [5.74, 6) is -0.571. The van der Waals surface area contributed by atoms with Gasteiger partial charge in [0.25, 0.3) is 5.91 Å². The van der Waals surface area contributed by atoms with E-state index in [0.29, 0.717) is 11.0 Å². The Morgan fingerprint density at radius 3 is 2.50 bits per heavy atom. The van der Waals surface area contributed by atoms with E-state index < -0.39 is 17.6 Å². The third kappa shape index (κ3) is 2.92. The maximum Gasteiger partial charge on any atom is 0.416 e. The van der Waals surface area contributed by atoms with Gasteiger partial charge in [-0.05, 0) is 24.3 Å². The largest absolute Gasteiger partial charge is 0.416 e. The van der Waals surface area contributed by atoms with Gasteiger partial charge < -0.3 is 5.32 Å². The first-order valence-corrected chi connectivity index (χ1v) is 7.10. The van der Waals surface area contributed by atoms with Crippen molar-refractivity contribution in [3.63, 3.8) is 0 Å². The van der Waals surface area contributed by atoms with E-state index in [-0.39, 0.29) is 16.3 Å². The summed E-state index contributed by atoms with van der Waals surface area (Å²) in [5, 5.41) is 7.19. The number of aryl methyl sites for hydroxylation is 1. The van der Waals surface area contributed by atoms with Crippen LogP contribution in [0.1, 0.15) is 15.9 Å². The van der Waals surface area contributed by atoms with Crippen LogP contribution in [-0.4, -0.2) is 20.7 Å². The second kappa shape index (κ2) is 5.79. The zero-order valence-corrected chi connectivity index (χ0v) is 13.0. The quantitative estimate of drug-likeness (QED) is 0.759. The highest BCUT2D eigenvalue weighted by Crippen LogP contribution is 2.30. The minimum Gasteiger partial charge on any atom is -0.322 e. The normalized spacial score (nSPS) is 11.7. The molecule has 3 rings (SSSR count). The molecule has 0 saturated heterocycles. The number of nitrogens with one attached hydrogen (secondary N) is 1. The van der Waals surface area contributed by atoms with Crippen molar-refractivity contribution in [2.75, 3.05) is 5.32 Å². The third-order valence-electron chi connectivity index (χ3n) is 3.41. The molecular weight excluding hydrogens is 345 g/mol. The zero-order valence-electron chi connectivity index (χ0n) is 12.2. The summed E-state index contributed by atoms with van der Waals surface area (Å²) in [6.45, 7) is 0. The van der Waals surface area contributed by atoms with E-state index in [1.165, 1.54) is 29.2 Å². The minimum atomic E-state index is -4.43. The molecule has 0 atom stereocenters. The highest BCUT2D eigenvalue weighted by atomic mass is 35.5. The first kappa shape index (κ1) is 16.3. The number of alkyl halides is 3. The van der Waals surface area contributed by atoms with Crippen LogP contribution in [0, 0.1) is 0 Å². The lowest BCUT2D eigenvalue weighted by Gasteiger charge is -2.09. The van der Waals surface area contributed by atoms with Crippen LogP contribution in [0.2, 0.25) is 5.02 Å². The molecule has 1 aromatic carbocycles. The number of rotatable bonds is 2. The molecule has 0 aliphatic carbocycles. The summed E-state index contributed by atoms with van der Waals surface area (Å²) >= 11 is 6.20. The zero-order chi connectivity index (χ0) is 17.5. The number of fused-ring (bicyclic) bond motifs is 1. The van der Waals surface area contributed by atoms with Gasteiger partial charge in [0.1, 0.15) is 0 Å². The minimum absolute atomic E-state index is 0.108. The molecular formula is C15H10ClF3N4O. The molecule has 2 aromatic heterocycles. The third-order valence-corrected chi connectivity index (χ3v) is 3.82. The Morgan fingerprint density at radius 1 is 1.21 bits per heavy atom. The Hall–Kier alpha value is -2.61. The summed E-state index contributed by atoms with van der Waals surface area (Å²) in [6.07, 6.45) is -1.65. The predicted molar refractivity (Wildman–Crippen MR) is 82.9 cm³/mol. The van der Waals surface area contributed by atoms with E-state index in [1.807, 2.05) is 0 Å². The number of amides is 1. The smallest absolute Gasteiger partial charge is 0.322 e. The second-order valence-electron chi connectivity index (χ2n) is 5.02. The van der Waals surface area contributed by atoms with Gasteiger partial charge in [-0.25, -0.2) is 4.98 Å². The Bertz CT molecular complexity index is 919. The summed E-state index contributed by atoms with van der Waals surface area (Å²) in [4.78, 5) is 16.4. The second-order valence-corrected chi connectivity index (χ2v) is 5.40. The molecule has 5 nitrogen and oxygen atoms in total. The van der Waals surface area contributed by atoms with Crippen LogP contribution in [0.4, 0.5) is 18.9 Å². The fourth-order valence-electron chi connectivity index (χ4n) is 2.17. The Kier molecular flexibility index (Phi) is 3.92. The molecule has 1 amide bonds. The van der Waals surface area contributed by atoms with Gasteiger partial charge in [-0.1, -0.05) is 11.6 Å². The lowest BCUT2D eigenvalue weighted by Crippen LogP contribution is -2.13. The van der Waals surface area contributed by atoms with Gasteiger partial charge in [0.15, 0.2) is 5.65 Å². The van der Waals surface area contributed by atoms with Crippen LogP contribution in [0.15, 0.2) is 36.7 Å². The molecule has 0 radical (unpaired) electrons. The molecule has 24 heavy (non-hydrogen) atoms. The van der Waals surface area contributed by atoms with Gasteiger partial charge in [-0.3, -0.25) is 9.48 Å². The summed E-state index contributed by atoms with van der Waals surface area (Å²) in [5.41, 5.74) is 0.0514. The highest BCUT2D eigenvalue weighted by molar-refractivity contribution is 6.38. The van der Waals surface area contributed by atoms with E-state index >= 15 is 0 Å². The molecule has 1 N–H and O–H groups in total. The molecule has 0 fully saturated rings. The molecule has 0 aliphatic heterocycles. The lowest BCUT2D eigenvalue weighted by atomic mass is 10.2. The Balaban J connectivity index is 1.86. The maximum atomic E-state index is 12.5. The number of carbonyl (C=O) groups excluding carboxylic acids is 1. The molecule has 2 heterocycles. The fourth-order valence-corrected chi connectivity index (χ4v) is 2.43. The van der Waals surface area contributed by atoms with Crippen molar-refractivity contribution in [1.82, 2.24) is 14.8 Å². The van der Waals surface area contributed by atoms with Crippen LogP contribution < -0.4 is 5.32 Å². The average Bonchev–Trinajstić information content (AvgIpc) is 2.89. The molecule has 124 valence electrons. The Labute approximate surface area is 139 Å². The van der Waals surface area contributed by atoms with Crippen molar-refractivity contribution in [2.24, 2.45) is 7.05 Å². The summed E-state index contributed by atoms with van der Waals surface area (Å²) in [6, 6.07) is 4.12. The number of anilines is 1. The van der Waals surface area contributed by atoms with Crippen LogP contribution in [0.25, 0.3) is 11.0 Å². The first-order valence-electron chi connectivity index (χ1n) is 6.72. The number of carbonyl (C=O) groups is 1. The number of hydrogen-bond donors (Lipinski definition) is 1. The van der Waals surface area contributed by atoms with E-state index in [1.54, 1.807) is 7.05 Å². The number of halogens is 4. The Morgan fingerprint density at radius 2 is 1.88 bits per heavy atom. The van der Waals surface area contributed by atoms with Crippen molar-refractivity contribution in [3.05, 3.63) is 52.8 Å². The molecule has 0 unspecified atom stereocenters. The summed E-state index contributed by atoms with van der Waals surface area (Å²) in [7, 11) is 1.69. The number of hydrogen-bond acceptors (Lipinski definition) is 3. The van der Waals surface area contributed by atoms with E-state index in [4.69, 9.17) is 11.6 Å². The molecule has 0 spiro atoms. The van der Waals surface area contributed by atoms with Crippen LogP contribution in [-0.2, 0) is 13.2 Å². The maximum absolute atomic E-state index is 12.5. The van der Waals surface area contributed by atoms with Crippen LogP contribution >= 0.6 is 11.6 Å². The van der Waals surface area contributed by atoms with Crippen molar-refractivity contribution < 1.29 is 18.0 Å². The van der Waals surface area contributed by atoms with Gasteiger partial charge in [-0.15, -0.1) is 0 Å². The van der Waals surface area contributed by atoms with Gasteiger partial charge in [0.2, 0.25) is 0 Å². The topological polar surface area (TPSA) is 59.8 Å². The van der Waals surface area contributed by atoms with E-state index in [2.05, 4.69) is 15.4 Å². The fraction of sp³-hybridized carbons (Fsp3) is 0.133. The number of nitrogens with zero attached hydrogens (tertiary/aromatic N) is 3. The van der Waals surface area contributed by atoms with E-state index in [0.717, 1.165) is 12.1 Å². The molecule has 3 aromatic rings. The van der Waals surface area contributed by atoms with Crippen molar-refractivity contribution >= 4 is 34.2 Å². The highest BCUT2D eigenvalue weighted by Gasteiger charge is 2.30. The van der Waals surface area contributed by atoms with E-state index in [9.17, 15) is 18.0 Å². The molecule has 0 aliphatic rings. The van der Waals surface area contributed by atoms with Gasteiger partial charge in [-0.2, -0.15) is 18.3 Å². The number of pyridine rings is 1. The number of aromatic nitrogens is 3. The van der Waals surface area contributed by atoms with Gasteiger partial charge in [0.05, 0.1) is 27.7 Å². The average molecular weight is 355 g/mol. The molecule has 9 heteroatoms. The summed E-state index contributed by atoms with van der Waals surface area (Å²) < 4.78 is 39.1. The van der Waals surface area contributed by atoms with Crippen molar-refractivity contribution in [1.29, 1.82) is 0 Å². The van der Waals surface area contributed by atoms with Crippen LogP contribution in [0.3, 0.4) is 0 Å². The lowest BCUT2D eigenvalue weighted by molar-refractivity contribution is -0.137. The standard InChI is InChI=1S/C15H10ClF3N4O/c1-23-13-10(7-21-23)12(16)11(6-20-13)14(24)22-9-4-2-8(3-5-9)15(17,18)19/h2-7H,1H3,(H,22,24). The molecule has 0 saturated carbocycles. The monoisotopic (exact) mass is 354 g/mol. The van der Waals surface area contributed by atoms with Crippen LogP contribution in [0.5, 0.6) is 0 Å². The van der Waals surface area contributed by atoms with Crippen molar-refractivity contribution in [2.45, 2.75) is 6.18 Å².